The quantitative estimate of drug-likeness (QED) is 0.262. The van der Waals surface area contributed by atoms with E-state index in [-0.39, 0.29) is 5.91 Å². The molecule has 0 aliphatic heterocycles. The van der Waals surface area contributed by atoms with Crippen molar-refractivity contribution in [2.75, 3.05) is 6.54 Å². The predicted molar refractivity (Wildman–Crippen MR) is 118 cm³/mol. The summed E-state index contributed by atoms with van der Waals surface area (Å²) < 4.78 is 0. The lowest BCUT2D eigenvalue weighted by Gasteiger charge is -2.08. The largest absolute Gasteiger partial charge is 0.370 e. The smallest absolute Gasteiger partial charge is 0.217 e. The van der Waals surface area contributed by atoms with Gasteiger partial charge in [-0.2, -0.15) is 0 Å². The van der Waals surface area contributed by atoms with Gasteiger partial charge in [-0.3, -0.25) is 4.79 Å². The molecule has 0 aliphatic carbocycles. The molecule has 0 saturated heterocycles. The average Bonchev–Trinajstić information content (AvgIpc) is 2.60. The minimum Gasteiger partial charge on any atom is -0.370 e. The van der Waals surface area contributed by atoms with E-state index in [9.17, 15) is 4.79 Å². The molecule has 3 N–H and O–H groups in total. The van der Waals surface area contributed by atoms with Gasteiger partial charge in [-0.1, -0.05) is 104 Å². The van der Waals surface area contributed by atoms with Crippen LogP contribution in [0.5, 0.6) is 0 Å². The van der Waals surface area contributed by atoms with Crippen molar-refractivity contribution in [2.24, 2.45) is 5.73 Å². The van der Waals surface area contributed by atoms with Crippen molar-refractivity contribution in [3.05, 3.63) is 0 Å². The fraction of sp³-hybridized carbons (Fsp3) is 0.957. The van der Waals surface area contributed by atoms with Crippen molar-refractivity contribution < 1.29 is 4.79 Å². The van der Waals surface area contributed by atoms with Gasteiger partial charge in [-0.15, -0.1) is 0 Å². The highest BCUT2D eigenvalue weighted by molar-refractivity contribution is 5.73. The van der Waals surface area contributed by atoms with E-state index in [1.807, 2.05) is 0 Å². The van der Waals surface area contributed by atoms with E-state index in [1.54, 1.807) is 0 Å². The predicted octanol–water partition coefficient (Wildman–Crippen LogP) is 6.74. The normalized spacial score (nSPS) is 11.7. The summed E-state index contributed by atoms with van der Waals surface area (Å²) in [4.78, 5) is 10.5. The monoisotopic (exact) mass is 370 g/mol. The van der Waals surface area contributed by atoms with Crippen LogP contribution in [0.25, 0.3) is 0 Å². The minimum absolute atomic E-state index is 0.155. The van der Waals surface area contributed by atoms with Crippen LogP contribution >= 0.6 is 0 Å². The molecule has 0 rings (SSSR count). The molecule has 0 aromatic carbocycles. The van der Waals surface area contributed by atoms with Crippen LogP contribution in [0.4, 0.5) is 0 Å². The molecule has 0 bridgehead atoms. The fourth-order valence-corrected chi connectivity index (χ4v) is 3.20. The molecule has 0 aromatic heterocycles. The van der Waals surface area contributed by atoms with E-state index in [0.29, 0.717) is 12.5 Å². The summed E-state index contributed by atoms with van der Waals surface area (Å²) in [5, 5.41) is 3.35. The van der Waals surface area contributed by atoms with Crippen molar-refractivity contribution in [2.45, 2.75) is 136 Å². The van der Waals surface area contributed by atoms with Gasteiger partial charge in [0.2, 0.25) is 5.91 Å². The third-order valence-electron chi connectivity index (χ3n) is 4.80. The molecule has 3 heteroatoms. The van der Waals surface area contributed by atoms with Gasteiger partial charge in [0.25, 0.3) is 0 Å². The highest BCUT2D eigenvalue weighted by Gasteiger charge is 1.96. The Balaban J connectivity index is 0. The van der Waals surface area contributed by atoms with Crippen LogP contribution in [-0.2, 0) is 4.79 Å². The van der Waals surface area contributed by atoms with E-state index in [4.69, 9.17) is 5.73 Å². The molecule has 3 nitrogen and oxygen atoms in total. The van der Waals surface area contributed by atoms with Gasteiger partial charge in [0.1, 0.15) is 0 Å². The van der Waals surface area contributed by atoms with Crippen LogP contribution in [0, 0.1) is 0 Å². The Morgan fingerprint density at radius 1 is 0.731 bits per heavy atom. The molecule has 158 valence electrons. The molecule has 0 saturated carbocycles. The van der Waals surface area contributed by atoms with Crippen molar-refractivity contribution in [3.8, 4) is 0 Å². The second-order valence-corrected chi connectivity index (χ2v) is 7.71. The Morgan fingerprint density at radius 3 is 1.50 bits per heavy atom. The SMILES string of the molecule is CCCC(C)NCC.CCCCCCCCCCCCCCCC(N)=O. The minimum atomic E-state index is -0.155. The van der Waals surface area contributed by atoms with Gasteiger partial charge in [0.15, 0.2) is 0 Å². The van der Waals surface area contributed by atoms with E-state index >= 15 is 0 Å². The van der Waals surface area contributed by atoms with Crippen molar-refractivity contribution in [3.63, 3.8) is 0 Å². The summed E-state index contributed by atoms with van der Waals surface area (Å²) in [7, 11) is 0. The van der Waals surface area contributed by atoms with Gasteiger partial charge in [0, 0.05) is 12.5 Å². The lowest BCUT2D eigenvalue weighted by atomic mass is 10.0. The Labute approximate surface area is 165 Å². The lowest BCUT2D eigenvalue weighted by molar-refractivity contribution is -0.118. The third-order valence-corrected chi connectivity index (χ3v) is 4.80. The van der Waals surface area contributed by atoms with E-state index in [1.165, 1.54) is 89.9 Å². The Hall–Kier alpha value is -0.570. The molecule has 0 aromatic rings. The molecule has 0 spiro atoms. The van der Waals surface area contributed by atoms with Gasteiger partial charge in [-0.05, 0) is 26.3 Å². The highest BCUT2D eigenvalue weighted by Crippen LogP contribution is 2.12. The third kappa shape index (κ3) is 28.2. The first kappa shape index (κ1) is 27.6. The molecule has 26 heavy (non-hydrogen) atoms. The maximum Gasteiger partial charge on any atom is 0.217 e. The van der Waals surface area contributed by atoms with Gasteiger partial charge in [-0.25, -0.2) is 0 Å². The molecule has 1 amide bonds. The first-order chi connectivity index (χ1) is 12.6. The van der Waals surface area contributed by atoms with E-state index < -0.39 is 0 Å². The number of hydrogen-bond donors (Lipinski definition) is 2. The van der Waals surface area contributed by atoms with E-state index in [2.05, 4.69) is 33.0 Å². The van der Waals surface area contributed by atoms with Crippen LogP contribution in [0.1, 0.15) is 130 Å². The number of rotatable bonds is 18. The maximum atomic E-state index is 10.5. The van der Waals surface area contributed by atoms with Gasteiger partial charge >= 0.3 is 0 Å². The average molecular weight is 371 g/mol. The van der Waals surface area contributed by atoms with Crippen molar-refractivity contribution in [1.82, 2.24) is 5.32 Å². The molecule has 0 heterocycles. The van der Waals surface area contributed by atoms with Gasteiger partial charge in [0.05, 0.1) is 0 Å². The molecule has 0 fully saturated rings. The highest BCUT2D eigenvalue weighted by atomic mass is 16.1. The van der Waals surface area contributed by atoms with Crippen LogP contribution < -0.4 is 11.1 Å². The van der Waals surface area contributed by atoms with Crippen molar-refractivity contribution >= 4 is 5.91 Å². The Bertz CT molecular complexity index is 263. The molecule has 0 aliphatic rings. The number of carbonyl (C=O) groups excluding carboxylic acids is 1. The summed E-state index contributed by atoms with van der Waals surface area (Å²) in [5.74, 6) is -0.155. The Kier molecular flexibility index (Phi) is 26.0. The zero-order chi connectivity index (χ0) is 19.9. The number of hydrogen-bond acceptors (Lipinski definition) is 2. The standard InChI is InChI=1S/C16H33NO.C7H17N/c1-2-3-4-5-6-7-8-9-10-11-12-13-14-15-16(17)18;1-4-6-7(3)8-5-2/h2-15H2,1H3,(H2,17,18);7-8H,4-6H2,1-3H3. The zero-order valence-corrected chi connectivity index (χ0v) is 18.6. The number of amides is 1. The summed E-state index contributed by atoms with van der Waals surface area (Å²) in [6.07, 6.45) is 20.5. The van der Waals surface area contributed by atoms with Crippen LogP contribution in [0.2, 0.25) is 0 Å². The molecular weight excluding hydrogens is 320 g/mol. The van der Waals surface area contributed by atoms with Gasteiger partial charge < -0.3 is 11.1 Å². The summed E-state index contributed by atoms with van der Waals surface area (Å²) >= 11 is 0. The summed E-state index contributed by atoms with van der Waals surface area (Å²) in [5.41, 5.74) is 5.09. The fourth-order valence-electron chi connectivity index (χ4n) is 3.20. The maximum absolute atomic E-state index is 10.5. The number of nitrogens with two attached hydrogens (primary N) is 1. The topological polar surface area (TPSA) is 55.1 Å². The molecular formula is C23H50N2O. The Morgan fingerprint density at radius 2 is 1.15 bits per heavy atom. The second kappa shape index (κ2) is 24.4. The summed E-state index contributed by atoms with van der Waals surface area (Å²) in [6.45, 7) is 9.96. The van der Waals surface area contributed by atoms with Crippen LogP contribution in [0.15, 0.2) is 0 Å². The summed E-state index contributed by atoms with van der Waals surface area (Å²) in [6, 6.07) is 0.713. The first-order valence-corrected chi connectivity index (χ1v) is 11.6. The number of nitrogens with one attached hydrogen (secondary N) is 1. The van der Waals surface area contributed by atoms with Crippen LogP contribution in [-0.4, -0.2) is 18.5 Å². The second-order valence-electron chi connectivity index (χ2n) is 7.71. The molecule has 0 radical (unpaired) electrons. The lowest BCUT2D eigenvalue weighted by Crippen LogP contribution is -2.24. The van der Waals surface area contributed by atoms with Crippen LogP contribution in [0.3, 0.4) is 0 Å². The molecule has 1 atom stereocenters. The zero-order valence-electron chi connectivity index (χ0n) is 18.6. The number of primary amides is 1. The van der Waals surface area contributed by atoms with E-state index in [0.717, 1.165) is 13.0 Å². The number of carbonyl (C=O) groups is 1. The first-order valence-electron chi connectivity index (χ1n) is 11.6. The number of unbranched alkanes of at least 4 members (excludes halogenated alkanes) is 12. The van der Waals surface area contributed by atoms with Crippen molar-refractivity contribution in [1.29, 1.82) is 0 Å². The molecule has 1 unspecified atom stereocenters.